The van der Waals surface area contributed by atoms with Crippen molar-refractivity contribution in [2.24, 2.45) is 5.84 Å². The fourth-order valence-corrected chi connectivity index (χ4v) is 4.14. The first kappa shape index (κ1) is 15.7. The molecule has 1 saturated heterocycles. The van der Waals surface area contributed by atoms with Gasteiger partial charge in [0, 0.05) is 17.8 Å². The molecule has 1 aromatic rings. The summed E-state index contributed by atoms with van der Waals surface area (Å²) in [5.74, 6) is 5.64. The Morgan fingerprint density at radius 3 is 2.81 bits per heavy atom. The zero-order chi connectivity index (χ0) is 15.5. The monoisotopic (exact) mass is 312 g/mol. The molecule has 1 aromatic heterocycles. The molecule has 1 atom stereocenters. The van der Waals surface area contributed by atoms with Crippen LogP contribution in [0.4, 0.5) is 5.82 Å². The summed E-state index contributed by atoms with van der Waals surface area (Å²) in [4.78, 5) is 16.3. The molecule has 0 radical (unpaired) electrons. The molecule has 0 bridgehead atoms. The second kappa shape index (κ2) is 6.40. The third-order valence-electron chi connectivity index (χ3n) is 3.60. The van der Waals surface area contributed by atoms with Crippen molar-refractivity contribution in [3.63, 3.8) is 0 Å². The molecular formula is C13H20N4O3S. The number of hydrogen-bond acceptors (Lipinski definition) is 6. The average molecular weight is 312 g/mol. The van der Waals surface area contributed by atoms with E-state index in [0.717, 1.165) is 5.69 Å². The Labute approximate surface area is 124 Å². The first-order valence-corrected chi connectivity index (χ1v) is 8.65. The second-order valence-electron chi connectivity index (χ2n) is 5.07. The van der Waals surface area contributed by atoms with Crippen LogP contribution in [0.3, 0.4) is 0 Å². The first-order valence-electron chi connectivity index (χ1n) is 6.93. The summed E-state index contributed by atoms with van der Waals surface area (Å²) >= 11 is 0. The van der Waals surface area contributed by atoms with Crippen LogP contribution in [-0.2, 0) is 16.3 Å². The van der Waals surface area contributed by atoms with E-state index in [2.05, 4.69) is 15.7 Å². The number of nitrogen functional groups attached to an aromatic ring is 1. The van der Waals surface area contributed by atoms with E-state index in [9.17, 15) is 13.2 Å². The number of aromatic nitrogens is 1. The van der Waals surface area contributed by atoms with E-state index in [0.29, 0.717) is 30.6 Å². The van der Waals surface area contributed by atoms with Crippen LogP contribution < -0.4 is 16.6 Å². The summed E-state index contributed by atoms with van der Waals surface area (Å²) < 4.78 is 23.4. The van der Waals surface area contributed by atoms with Gasteiger partial charge in [0.2, 0.25) is 0 Å². The van der Waals surface area contributed by atoms with Crippen molar-refractivity contribution in [2.75, 3.05) is 17.7 Å². The van der Waals surface area contributed by atoms with Gasteiger partial charge in [0.25, 0.3) is 5.91 Å². The zero-order valence-electron chi connectivity index (χ0n) is 11.9. The van der Waals surface area contributed by atoms with Crippen molar-refractivity contribution >= 4 is 21.6 Å². The van der Waals surface area contributed by atoms with Crippen LogP contribution >= 0.6 is 0 Å². The van der Waals surface area contributed by atoms with Crippen LogP contribution in [0.15, 0.2) is 12.1 Å². The number of hydrazine groups is 1. The number of nitrogens with one attached hydrogen (secondary N) is 2. The van der Waals surface area contributed by atoms with Gasteiger partial charge in [-0.05, 0) is 31.4 Å². The topological polar surface area (TPSA) is 114 Å². The molecular weight excluding hydrogens is 292 g/mol. The Morgan fingerprint density at radius 1 is 1.48 bits per heavy atom. The number of hydrogen-bond donors (Lipinski definition) is 3. The van der Waals surface area contributed by atoms with Gasteiger partial charge in [0.05, 0.1) is 11.0 Å². The minimum atomic E-state index is -3.05. The van der Waals surface area contributed by atoms with Crippen LogP contribution in [0.2, 0.25) is 0 Å². The van der Waals surface area contributed by atoms with E-state index in [4.69, 9.17) is 5.84 Å². The van der Waals surface area contributed by atoms with Crippen LogP contribution in [0.1, 0.15) is 35.8 Å². The number of amides is 1. The summed E-state index contributed by atoms with van der Waals surface area (Å²) in [5, 5.41) is 2.21. The summed E-state index contributed by atoms with van der Waals surface area (Å²) in [6.45, 7) is 2.08. The van der Waals surface area contributed by atoms with Crippen molar-refractivity contribution in [1.82, 2.24) is 10.3 Å². The molecule has 8 heteroatoms. The van der Waals surface area contributed by atoms with Crippen molar-refractivity contribution in [3.8, 4) is 0 Å². The minimum Gasteiger partial charge on any atom is -0.351 e. The highest BCUT2D eigenvalue weighted by atomic mass is 32.2. The van der Waals surface area contributed by atoms with Gasteiger partial charge in [0.1, 0.15) is 5.82 Å². The number of sulfone groups is 1. The number of rotatable bonds is 5. The maximum absolute atomic E-state index is 12.1. The Bertz CT molecular complexity index is 608. The molecule has 1 unspecified atom stereocenters. The van der Waals surface area contributed by atoms with Gasteiger partial charge in [0.15, 0.2) is 9.84 Å². The van der Waals surface area contributed by atoms with Crippen molar-refractivity contribution in [1.29, 1.82) is 0 Å². The van der Waals surface area contributed by atoms with Crippen LogP contribution in [0.25, 0.3) is 0 Å². The first-order chi connectivity index (χ1) is 9.96. The molecule has 21 heavy (non-hydrogen) atoms. The van der Waals surface area contributed by atoms with Crippen LogP contribution in [-0.4, -0.2) is 36.9 Å². The number of nitrogens with zero attached hydrogens (tertiary/aromatic N) is 1. The molecule has 1 aliphatic heterocycles. The SMILES string of the molecule is CCc1cc(C(=O)NCC2CCCS2(=O)=O)cc(NN)n1. The molecule has 7 nitrogen and oxygen atoms in total. The maximum atomic E-state index is 12.1. The van der Waals surface area contributed by atoms with Gasteiger partial charge in [-0.25, -0.2) is 19.2 Å². The summed E-state index contributed by atoms with van der Waals surface area (Å²) in [5.41, 5.74) is 3.58. The lowest BCUT2D eigenvalue weighted by Gasteiger charge is -2.12. The molecule has 0 spiro atoms. The predicted octanol–water partition coefficient (Wildman–Crippen LogP) is 0.237. The number of anilines is 1. The predicted molar refractivity (Wildman–Crippen MR) is 80.6 cm³/mol. The van der Waals surface area contributed by atoms with Gasteiger partial charge >= 0.3 is 0 Å². The summed E-state index contributed by atoms with van der Waals surface area (Å²) in [6, 6.07) is 3.22. The highest BCUT2D eigenvalue weighted by Crippen LogP contribution is 2.19. The van der Waals surface area contributed by atoms with Gasteiger partial charge in [-0.3, -0.25) is 4.79 Å². The molecule has 0 saturated carbocycles. The third-order valence-corrected chi connectivity index (χ3v) is 5.88. The molecule has 1 amide bonds. The standard InChI is InChI=1S/C13H20N4O3S/c1-2-10-6-9(7-12(16-10)17-14)13(18)15-8-11-4-3-5-21(11,19)20/h6-7,11H,2-5,8,14H2,1H3,(H,15,18)(H,16,17). The van der Waals surface area contributed by atoms with Crippen molar-refractivity contribution < 1.29 is 13.2 Å². The van der Waals surface area contributed by atoms with Crippen LogP contribution in [0.5, 0.6) is 0 Å². The fourth-order valence-electron chi connectivity index (χ4n) is 2.37. The molecule has 0 aromatic carbocycles. The smallest absolute Gasteiger partial charge is 0.251 e. The highest BCUT2D eigenvalue weighted by Gasteiger charge is 2.31. The Kier molecular flexibility index (Phi) is 4.79. The largest absolute Gasteiger partial charge is 0.351 e. The summed E-state index contributed by atoms with van der Waals surface area (Å²) in [7, 11) is -3.05. The average Bonchev–Trinajstić information content (AvgIpc) is 2.82. The van der Waals surface area contributed by atoms with Gasteiger partial charge < -0.3 is 10.7 Å². The quantitative estimate of drug-likeness (QED) is 0.530. The van der Waals surface area contributed by atoms with E-state index in [1.807, 2.05) is 6.92 Å². The fraction of sp³-hybridized carbons (Fsp3) is 0.538. The Hall–Kier alpha value is -1.67. The lowest BCUT2D eigenvalue weighted by atomic mass is 10.1. The van der Waals surface area contributed by atoms with E-state index in [1.165, 1.54) is 6.07 Å². The molecule has 4 N–H and O–H groups in total. The lowest BCUT2D eigenvalue weighted by molar-refractivity contribution is 0.0953. The van der Waals surface area contributed by atoms with Gasteiger partial charge in [-0.15, -0.1) is 0 Å². The minimum absolute atomic E-state index is 0.149. The Morgan fingerprint density at radius 2 is 2.24 bits per heavy atom. The van der Waals surface area contributed by atoms with E-state index in [1.54, 1.807) is 6.07 Å². The van der Waals surface area contributed by atoms with Crippen molar-refractivity contribution in [3.05, 3.63) is 23.4 Å². The number of aryl methyl sites for hydroxylation is 1. The highest BCUT2D eigenvalue weighted by molar-refractivity contribution is 7.92. The van der Waals surface area contributed by atoms with E-state index in [-0.39, 0.29) is 18.2 Å². The molecule has 1 aliphatic rings. The number of carbonyl (C=O) groups is 1. The van der Waals surface area contributed by atoms with E-state index >= 15 is 0 Å². The molecule has 1 fully saturated rings. The number of pyridine rings is 1. The van der Waals surface area contributed by atoms with Crippen molar-refractivity contribution in [2.45, 2.75) is 31.4 Å². The number of nitrogens with two attached hydrogens (primary N) is 1. The normalized spacial score (nSPS) is 20.2. The second-order valence-corrected chi connectivity index (χ2v) is 7.47. The third kappa shape index (κ3) is 3.70. The molecule has 2 heterocycles. The van der Waals surface area contributed by atoms with E-state index < -0.39 is 15.1 Å². The zero-order valence-corrected chi connectivity index (χ0v) is 12.7. The van der Waals surface area contributed by atoms with Crippen LogP contribution in [0, 0.1) is 0 Å². The molecule has 116 valence electrons. The van der Waals surface area contributed by atoms with Gasteiger partial charge in [-0.1, -0.05) is 6.92 Å². The number of carbonyl (C=O) groups excluding carboxylic acids is 1. The molecule has 0 aliphatic carbocycles. The molecule has 2 rings (SSSR count). The van der Waals surface area contributed by atoms with Gasteiger partial charge in [-0.2, -0.15) is 0 Å². The Balaban J connectivity index is 2.06. The lowest BCUT2D eigenvalue weighted by Crippen LogP contribution is -2.34. The summed E-state index contributed by atoms with van der Waals surface area (Å²) in [6.07, 6.45) is 1.95. The maximum Gasteiger partial charge on any atom is 0.251 e.